The number of nitrogens with one attached hydrogen (secondary N) is 1. The normalized spacial score (nSPS) is 19.5. The second kappa shape index (κ2) is 7.21. The molecule has 132 valence electrons. The molecule has 1 fully saturated rings. The van der Waals surface area contributed by atoms with Crippen molar-refractivity contribution in [3.8, 4) is 0 Å². The van der Waals surface area contributed by atoms with Crippen LogP contribution >= 0.6 is 0 Å². The van der Waals surface area contributed by atoms with E-state index in [-0.39, 0.29) is 30.6 Å². The number of halogens is 3. The Kier molecular flexibility index (Phi) is 5.48. The zero-order chi connectivity index (χ0) is 17.9. The van der Waals surface area contributed by atoms with Crippen LogP contribution in [-0.2, 0) is 20.5 Å². The van der Waals surface area contributed by atoms with Gasteiger partial charge in [-0.25, -0.2) is 0 Å². The molecule has 1 aromatic rings. The van der Waals surface area contributed by atoms with E-state index in [0.29, 0.717) is 6.61 Å². The van der Waals surface area contributed by atoms with Crippen LogP contribution in [0.15, 0.2) is 24.3 Å². The van der Waals surface area contributed by atoms with E-state index in [1.54, 1.807) is 6.92 Å². The summed E-state index contributed by atoms with van der Waals surface area (Å²) in [5, 5.41) is 2.30. The van der Waals surface area contributed by atoms with Gasteiger partial charge < -0.3 is 15.0 Å². The second-order valence-electron chi connectivity index (χ2n) is 5.78. The third-order valence-electron chi connectivity index (χ3n) is 3.96. The molecule has 0 unspecified atom stereocenters. The van der Waals surface area contributed by atoms with E-state index in [9.17, 15) is 22.8 Å². The zero-order valence-electron chi connectivity index (χ0n) is 13.4. The fraction of sp³-hybridized carbons (Fsp3) is 0.500. The van der Waals surface area contributed by atoms with Crippen LogP contribution in [0, 0.1) is 5.92 Å². The molecule has 2 rings (SSSR count). The maximum absolute atomic E-state index is 13.0. The number of carbonyl (C=O) groups is 2. The average Bonchev–Trinajstić information content (AvgIpc) is 2.89. The van der Waals surface area contributed by atoms with Gasteiger partial charge in [-0.05, 0) is 19.1 Å². The standard InChI is InChI=1S/C16H19F3N2O3/c1-10(9-24-2)21-8-11(7-14(21)22)15(23)20-13-6-4-3-5-12(13)16(17,18)19/h3-6,10-11H,7-9H2,1-2H3,(H,20,23)/t10-,11+/m1/s1. The molecule has 0 spiro atoms. The number of para-hydroxylation sites is 1. The van der Waals surface area contributed by atoms with E-state index in [0.717, 1.165) is 6.07 Å². The second-order valence-corrected chi connectivity index (χ2v) is 5.78. The summed E-state index contributed by atoms with van der Waals surface area (Å²) in [7, 11) is 1.51. The highest BCUT2D eigenvalue weighted by Crippen LogP contribution is 2.35. The van der Waals surface area contributed by atoms with Crippen molar-refractivity contribution in [3.05, 3.63) is 29.8 Å². The Morgan fingerprint density at radius 2 is 2.08 bits per heavy atom. The first-order valence-corrected chi connectivity index (χ1v) is 7.49. The van der Waals surface area contributed by atoms with Crippen LogP contribution in [0.4, 0.5) is 18.9 Å². The van der Waals surface area contributed by atoms with E-state index in [1.807, 2.05) is 0 Å². The van der Waals surface area contributed by atoms with Gasteiger partial charge in [0.1, 0.15) is 0 Å². The summed E-state index contributed by atoms with van der Waals surface area (Å²) < 4.78 is 43.9. The van der Waals surface area contributed by atoms with Crippen LogP contribution < -0.4 is 5.32 Å². The van der Waals surface area contributed by atoms with Crippen molar-refractivity contribution >= 4 is 17.5 Å². The molecular weight excluding hydrogens is 325 g/mol. The largest absolute Gasteiger partial charge is 0.418 e. The third kappa shape index (κ3) is 4.05. The lowest BCUT2D eigenvalue weighted by Crippen LogP contribution is -2.38. The molecule has 24 heavy (non-hydrogen) atoms. The molecule has 8 heteroatoms. The van der Waals surface area contributed by atoms with Crippen LogP contribution in [0.5, 0.6) is 0 Å². The fourth-order valence-corrected chi connectivity index (χ4v) is 2.74. The lowest BCUT2D eigenvalue weighted by molar-refractivity contribution is -0.137. The minimum atomic E-state index is -4.56. The van der Waals surface area contributed by atoms with Gasteiger partial charge in [0.25, 0.3) is 0 Å². The van der Waals surface area contributed by atoms with Gasteiger partial charge in [-0.1, -0.05) is 12.1 Å². The summed E-state index contributed by atoms with van der Waals surface area (Å²) in [5.74, 6) is -1.48. The molecule has 1 heterocycles. The Labute approximate surface area is 137 Å². The van der Waals surface area contributed by atoms with Gasteiger partial charge in [-0.15, -0.1) is 0 Å². The lowest BCUT2D eigenvalue weighted by Gasteiger charge is -2.24. The first-order valence-electron chi connectivity index (χ1n) is 7.49. The Bertz CT molecular complexity index is 619. The average molecular weight is 344 g/mol. The molecular formula is C16H19F3N2O3. The van der Waals surface area contributed by atoms with Crippen LogP contribution in [0.1, 0.15) is 18.9 Å². The number of nitrogens with zero attached hydrogens (tertiary/aromatic N) is 1. The Hall–Kier alpha value is -2.09. The number of hydrogen-bond donors (Lipinski definition) is 1. The highest BCUT2D eigenvalue weighted by atomic mass is 19.4. The van der Waals surface area contributed by atoms with Crippen molar-refractivity contribution in [2.45, 2.75) is 25.6 Å². The van der Waals surface area contributed by atoms with Gasteiger partial charge in [0, 0.05) is 20.1 Å². The van der Waals surface area contributed by atoms with Gasteiger partial charge in [0.05, 0.1) is 29.8 Å². The zero-order valence-corrected chi connectivity index (χ0v) is 13.4. The highest BCUT2D eigenvalue weighted by Gasteiger charge is 2.38. The summed E-state index contributed by atoms with van der Waals surface area (Å²) >= 11 is 0. The molecule has 0 saturated carbocycles. The topological polar surface area (TPSA) is 58.6 Å². The first kappa shape index (κ1) is 18.3. The van der Waals surface area contributed by atoms with Crippen LogP contribution in [0.2, 0.25) is 0 Å². The smallest absolute Gasteiger partial charge is 0.383 e. The minimum absolute atomic E-state index is 0.0198. The molecule has 1 aliphatic rings. The predicted octanol–water partition coefficient (Wildman–Crippen LogP) is 2.53. The Morgan fingerprint density at radius 1 is 1.42 bits per heavy atom. The number of hydrogen-bond acceptors (Lipinski definition) is 3. The quantitative estimate of drug-likeness (QED) is 0.893. The van der Waals surface area contributed by atoms with E-state index in [4.69, 9.17) is 4.74 Å². The molecule has 0 radical (unpaired) electrons. The number of benzene rings is 1. The van der Waals surface area contributed by atoms with Gasteiger partial charge in [0.2, 0.25) is 11.8 Å². The number of rotatable bonds is 5. The summed E-state index contributed by atoms with van der Waals surface area (Å²) in [4.78, 5) is 25.8. The SMILES string of the molecule is COC[C@@H](C)N1C[C@@H](C(=O)Nc2ccccc2C(F)(F)F)CC1=O. The number of alkyl halides is 3. The van der Waals surface area contributed by atoms with E-state index >= 15 is 0 Å². The third-order valence-corrected chi connectivity index (χ3v) is 3.96. The van der Waals surface area contributed by atoms with Crippen LogP contribution in [0.3, 0.4) is 0 Å². The number of ether oxygens (including phenoxy) is 1. The Morgan fingerprint density at radius 3 is 2.71 bits per heavy atom. The molecule has 1 N–H and O–H groups in total. The van der Waals surface area contributed by atoms with Crippen molar-refractivity contribution in [1.82, 2.24) is 4.90 Å². The van der Waals surface area contributed by atoms with Crippen molar-refractivity contribution in [3.63, 3.8) is 0 Å². The number of carbonyl (C=O) groups excluding carboxylic acids is 2. The summed E-state index contributed by atoms with van der Waals surface area (Å²) in [6.07, 6.45) is -4.58. The minimum Gasteiger partial charge on any atom is -0.383 e. The van der Waals surface area contributed by atoms with Gasteiger partial charge >= 0.3 is 6.18 Å². The van der Waals surface area contributed by atoms with E-state index in [1.165, 1.54) is 30.2 Å². The van der Waals surface area contributed by atoms with Gasteiger partial charge in [-0.3, -0.25) is 9.59 Å². The molecule has 0 aliphatic carbocycles. The number of anilines is 1. The molecule has 1 saturated heterocycles. The lowest BCUT2D eigenvalue weighted by atomic mass is 10.1. The molecule has 2 atom stereocenters. The predicted molar refractivity (Wildman–Crippen MR) is 81.2 cm³/mol. The van der Waals surface area contributed by atoms with Crippen molar-refractivity contribution < 1.29 is 27.5 Å². The van der Waals surface area contributed by atoms with Gasteiger partial charge in [-0.2, -0.15) is 13.2 Å². The molecule has 2 amide bonds. The fourth-order valence-electron chi connectivity index (χ4n) is 2.74. The Balaban J connectivity index is 2.08. The van der Waals surface area contributed by atoms with Crippen molar-refractivity contribution in [2.75, 3.05) is 25.6 Å². The number of likely N-dealkylation sites (tertiary alicyclic amines) is 1. The summed E-state index contributed by atoms with van der Waals surface area (Å²) in [5.41, 5.74) is -1.21. The number of amides is 2. The summed E-state index contributed by atoms with van der Waals surface area (Å²) in [6, 6.07) is 4.58. The molecule has 1 aromatic carbocycles. The monoisotopic (exact) mass is 344 g/mol. The first-order chi connectivity index (χ1) is 11.2. The van der Waals surface area contributed by atoms with Gasteiger partial charge in [0.15, 0.2) is 0 Å². The van der Waals surface area contributed by atoms with Crippen LogP contribution in [0.25, 0.3) is 0 Å². The maximum Gasteiger partial charge on any atom is 0.418 e. The highest BCUT2D eigenvalue weighted by molar-refractivity contribution is 5.97. The number of methoxy groups -OCH3 is 1. The van der Waals surface area contributed by atoms with Crippen molar-refractivity contribution in [1.29, 1.82) is 0 Å². The molecule has 0 bridgehead atoms. The summed E-state index contributed by atoms with van der Waals surface area (Å²) in [6.45, 7) is 2.29. The van der Waals surface area contributed by atoms with E-state index in [2.05, 4.69) is 5.32 Å². The van der Waals surface area contributed by atoms with E-state index < -0.39 is 23.6 Å². The molecule has 1 aliphatic heterocycles. The molecule has 0 aromatic heterocycles. The van der Waals surface area contributed by atoms with Crippen LogP contribution in [-0.4, -0.2) is 43.0 Å². The molecule has 5 nitrogen and oxygen atoms in total. The maximum atomic E-state index is 13.0. The van der Waals surface area contributed by atoms with Crippen molar-refractivity contribution in [2.24, 2.45) is 5.92 Å².